The fraction of sp³-hybridized carbons (Fsp3) is 0.348. The Kier molecular flexibility index (Phi) is 4.96. The van der Waals surface area contributed by atoms with E-state index in [2.05, 4.69) is 25.1 Å². The van der Waals surface area contributed by atoms with Gasteiger partial charge in [-0.25, -0.2) is 4.68 Å². The van der Waals surface area contributed by atoms with Crippen LogP contribution in [0.5, 0.6) is 5.75 Å². The van der Waals surface area contributed by atoms with Crippen LogP contribution < -0.4 is 4.74 Å². The molecule has 1 heterocycles. The summed E-state index contributed by atoms with van der Waals surface area (Å²) in [6.07, 6.45) is 1.87. The van der Waals surface area contributed by atoms with E-state index >= 15 is 0 Å². The van der Waals surface area contributed by atoms with Gasteiger partial charge in [0.05, 0.1) is 30.3 Å². The molecule has 0 unspecified atom stereocenters. The van der Waals surface area contributed by atoms with Crippen molar-refractivity contribution in [2.45, 2.75) is 44.3 Å². The standard InChI is InChI=1S/C23H26N2O3/c1-16-4-3-5-17(14-16)21-15-22(23(27)12-10-19(26)11-13-23)24-25(21)18-6-8-20(28-2)9-7-18/h3-9,14-15,19,26-27H,10-13H2,1-2H3. The largest absolute Gasteiger partial charge is 0.497 e. The minimum atomic E-state index is -1.00. The van der Waals surface area contributed by atoms with E-state index in [0.29, 0.717) is 31.4 Å². The van der Waals surface area contributed by atoms with E-state index < -0.39 is 5.60 Å². The maximum atomic E-state index is 11.2. The van der Waals surface area contributed by atoms with Gasteiger partial charge in [-0.15, -0.1) is 0 Å². The first-order chi connectivity index (χ1) is 13.5. The van der Waals surface area contributed by atoms with Crippen molar-refractivity contribution >= 4 is 0 Å². The maximum Gasteiger partial charge on any atom is 0.119 e. The van der Waals surface area contributed by atoms with E-state index in [0.717, 1.165) is 22.7 Å². The van der Waals surface area contributed by atoms with Gasteiger partial charge in [0.25, 0.3) is 0 Å². The Morgan fingerprint density at radius 3 is 2.43 bits per heavy atom. The Morgan fingerprint density at radius 2 is 1.79 bits per heavy atom. The molecular formula is C23H26N2O3. The molecule has 0 bridgehead atoms. The van der Waals surface area contributed by atoms with Gasteiger partial charge < -0.3 is 14.9 Å². The van der Waals surface area contributed by atoms with Gasteiger partial charge in [-0.05, 0) is 69.0 Å². The zero-order valence-electron chi connectivity index (χ0n) is 16.3. The Labute approximate surface area is 165 Å². The van der Waals surface area contributed by atoms with Crippen LogP contribution in [0.2, 0.25) is 0 Å². The molecule has 0 spiro atoms. The number of aromatic nitrogens is 2. The highest BCUT2D eigenvalue weighted by molar-refractivity contribution is 5.64. The second-order valence-corrected chi connectivity index (χ2v) is 7.66. The van der Waals surface area contributed by atoms with Crippen LogP contribution in [0.25, 0.3) is 16.9 Å². The lowest BCUT2D eigenvalue weighted by Gasteiger charge is -2.32. The first-order valence-electron chi connectivity index (χ1n) is 9.71. The Bertz CT molecular complexity index is 954. The highest BCUT2D eigenvalue weighted by atomic mass is 16.5. The summed E-state index contributed by atoms with van der Waals surface area (Å²) in [4.78, 5) is 0. The van der Waals surface area contributed by atoms with Gasteiger partial charge in [0.2, 0.25) is 0 Å². The van der Waals surface area contributed by atoms with Crippen molar-refractivity contribution in [1.82, 2.24) is 9.78 Å². The highest BCUT2D eigenvalue weighted by Gasteiger charge is 2.37. The molecule has 1 aliphatic rings. The summed E-state index contributed by atoms with van der Waals surface area (Å²) in [5.74, 6) is 0.785. The third kappa shape index (κ3) is 3.55. The number of hydrogen-bond acceptors (Lipinski definition) is 4. The minimum Gasteiger partial charge on any atom is -0.497 e. The number of aliphatic hydroxyl groups excluding tert-OH is 1. The average molecular weight is 378 g/mol. The fourth-order valence-electron chi connectivity index (χ4n) is 3.88. The summed E-state index contributed by atoms with van der Waals surface area (Å²) in [5, 5.41) is 25.9. The van der Waals surface area contributed by atoms with Crippen LogP contribution >= 0.6 is 0 Å². The lowest BCUT2D eigenvalue weighted by molar-refractivity contribution is -0.0393. The van der Waals surface area contributed by atoms with Crippen LogP contribution in [0.15, 0.2) is 54.6 Å². The highest BCUT2D eigenvalue weighted by Crippen LogP contribution is 2.38. The quantitative estimate of drug-likeness (QED) is 0.721. The molecule has 4 rings (SSSR count). The molecule has 1 saturated carbocycles. The van der Waals surface area contributed by atoms with Crippen LogP contribution in [0.3, 0.4) is 0 Å². The van der Waals surface area contributed by atoms with E-state index in [4.69, 9.17) is 9.84 Å². The van der Waals surface area contributed by atoms with Crippen LogP contribution in [-0.4, -0.2) is 33.2 Å². The fourth-order valence-corrected chi connectivity index (χ4v) is 3.88. The van der Waals surface area contributed by atoms with Crippen molar-refractivity contribution in [2.24, 2.45) is 0 Å². The Hall–Kier alpha value is -2.63. The van der Waals surface area contributed by atoms with Crippen molar-refractivity contribution in [3.63, 3.8) is 0 Å². The zero-order chi connectivity index (χ0) is 19.7. The summed E-state index contributed by atoms with van der Waals surface area (Å²) < 4.78 is 7.15. The first kappa shape index (κ1) is 18.7. The molecule has 0 atom stereocenters. The normalized spacial score (nSPS) is 22.2. The Morgan fingerprint density at radius 1 is 1.07 bits per heavy atom. The molecule has 0 amide bonds. The number of rotatable bonds is 4. The van der Waals surface area contributed by atoms with Crippen molar-refractivity contribution in [2.75, 3.05) is 7.11 Å². The van der Waals surface area contributed by atoms with E-state index in [9.17, 15) is 10.2 Å². The van der Waals surface area contributed by atoms with Gasteiger partial charge in [0, 0.05) is 5.56 Å². The number of aryl methyl sites for hydroxylation is 1. The van der Waals surface area contributed by atoms with Crippen molar-refractivity contribution < 1.29 is 14.9 Å². The molecule has 0 aliphatic heterocycles. The van der Waals surface area contributed by atoms with Gasteiger partial charge in [0.15, 0.2) is 0 Å². The predicted molar refractivity (Wildman–Crippen MR) is 109 cm³/mol. The maximum absolute atomic E-state index is 11.2. The van der Waals surface area contributed by atoms with E-state index in [1.807, 2.05) is 41.1 Å². The van der Waals surface area contributed by atoms with Crippen molar-refractivity contribution in [1.29, 1.82) is 0 Å². The second-order valence-electron chi connectivity index (χ2n) is 7.66. The zero-order valence-corrected chi connectivity index (χ0v) is 16.3. The molecule has 28 heavy (non-hydrogen) atoms. The summed E-state index contributed by atoms with van der Waals surface area (Å²) in [5.41, 5.74) is 3.71. The summed E-state index contributed by atoms with van der Waals surface area (Å²) in [6.45, 7) is 2.06. The van der Waals surface area contributed by atoms with Crippen LogP contribution in [0.1, 0.15) is 36.9 Å². The SMILES string of the molecule is COc1ccc(-n2nc(C3(O)CCC(O)CC3)cc2-c2cccc(C)c2)cc1. The number of methoxy groups -OCH3 is 1. The number of ether oxygens (including phenoxy) is 1. The number of nitrogens with zero attached hydrogens (tertiary/aromatic N) is 2. The minimum absolute atomic E-state index is 0.333. The molecule has 0 saturated heterocycles. The predicted octanol–water partition coefficient (Wildman–Crippen LogP) is 3.98. The van der Waals surface area contributed by atoms with Gasteiger partial charge in [-0.1, -0.05) is 23.8 Å². The summed E-state index contributed by atoms with van der Waals surface area (Å²) in [6, 6.07) is 18.0. The number of benzene rings is 2. The molecule has 5 heteroatoms. The summed E-state index contributed by atoms with van der Waals surface area (Å²) >= 11 is 0. The topological polar surface area (TPSA) is 67.5 Å². The molecular weight excluding hydrogens is 352 g/mol. The average Bonchev–Trinajstić information content (AvgIpc) is 3.17. The molecule has 3 aromatic rings. The molecule has 2 aromatic carbocycles. The van der Waals surface area contributed by atoms with E-state index in [-0.39, 0.29) is 6.10 Å². The lowest BCUT2D eigenvalue weighted by Crippen LogP contribution is -2.33. The molecule has 2 N–H and O–H groups in total. The van der Waals surface area contributed by atoms with Gasteiger partial charge >= 0.3 is 0 Å². The molecule has 0 radical (unpaired) electrons. The van der Waals surface area contributed by atoms with Crippen LogP contribution in [-0.2, 0) is 5.60 Å². The van der Waals surface area contributed by atoms with Crippen molar-refractivity contribution in [3.05, 3.63) is 65.9 Å². The molecule has 5 nitrogen and oxygen atoms in total. The third-order valence-corrected chi connectivity index (χ3v) is 5.60. The van der Waals surface area contributed by atoms with E-state index in [1.165, 1.54) is 5.56 Å². The molecule has 1 aliphatic carbocycles. The smallest absolute Gasteiger partial charge is 0.119 e. The lowest BCUT2D eigenvalue weighted by atomic mass is 9.81. The number of aliphatic hydroxyl groups is 2. The molecule has 1 aromatic heterocycles. The monoisotopic (exact) mass is 378 g/mol. The number of hydrogen-bond donors (Lipinski definition) is 2. The van der Waals surface area contributed by atoms with Crippen LogP contribution in [0.4, 0.5) is 0 Å². The second kappa shape index (κ2) is 7.41. The van der Waals surface area contributed by atoms with Crippen LogP contribution in [0, 0.1) is 6.92 Å². The summed E-state index contributed by atoms with van der Waals surface area (Å²) in [7, 11) is 1.65. The van der Waals surface area contributed by atoms with E-state index in [1.54, 1.807) is 7.11 Å². The van der Waals surface area contributed by atoms with Crippen molar-refractivity contribution in [3.8, 4) is 22.7 Å². The van der Waals surface area contributed by atoms with Gasteiger partial charge in [0.1, 0.15) is 11.4 Å². The Balaban J connectivity index is 1.82. The van der Waals surface area contributed by atoms with Gasteiger partial charge in [-0.3, -0.25) is 0 Å². The third-order valence-electron chi connectivity index (χ3n) is 5.60. The molecule has 1 fully saturated rings. The molecule has 146 valence electrons. The first-order valence-corrected chi connectivity index (χ1v) is 9.71. The van der Waals surface area contributed by atoms with Gasteiger partial charge in [-0.2, -0.15) is 5.10 Å².